The number of rotatable bonds is 5. The zero-order valence-electron chi connectivity index (χ0n) is 14.0. The maximum Gasteiger partial charge on any atom is 0.168 e. The van der Waals surface area contributed by atoms with Crippen LogP contribution in [0, 0.1) is 5.92 Å². The number of hydrogen-bond donors (Lipinski definition) is 0. The smallest absolute Gasteiger partial charge is 0.168 e. The Kier molecular flexibility index (Phi) is 5.05. The number of ether oxygens (including phenoxy) is 1. The van der Waals surface area contributed by atoms with Crippen molar-refractivity contribution in [3.8, 4) is 0 Å². The third-order valence-electron chi connectivity index (χ3n) is 4.79. The fourth-order valence-electron chi connectivity index (χ4n) is 3.52. The SMILES string of the molecule is CC(C)[C@@H](c1nnnn1C[C@@H]1CCCO1)N1CCN(C)CC1. The van der Waals surface area contributed by atoms with Crippen LogP contribution in [0.4, 0.5) is 0 Å². The van der Waals surface area contributed by atoms with E-state index in [0.29, 0.717) is 5.92 Å². The summed E-state index contributed by atoms with van der Waals surface area (Å²) in [4.78, 5) is 4.91. The number of hydrogen-bond acceptors (Lipinski definition) is 6. The van der Waals surface area contributed by atoms with Crippen LogP contribution in [0.3, 0.4) is 0 Å². The monoisotopic (exact) mass is 308 g/mol. The minimum atomic E-state index is 0.266. The first-order valence-electron chi connectivity index (χ1n) is 8.45. The Labute approximate surface area is 132 Å². The molecule has 0 saturated carbocycles. The highest BCUT2D eigenvalue weighted by Crippen LogP contribution is 2.28. The first kappa shape index (κ1) is 15.8. The molecule has 1 aromatic rings. The van der Waals surface area contributed by atoms with Crippen LogP contribution in [0.5, 0.6) is 0 Å². The predicted octanol–water partition coefficient (Wildman–Crippen LogP) is 0.797. The zero-order valence-corrected chi connectivity index (χ0v) is 14.0. The molecule has 3 rings (SSSR count). The molecule has 0 aromatic carbocycles. The van der Waals surface area contributed by atoms with Gasteiger partial charge in [-0.1, -0.05) is 13.8 Å². The molecule has 2 atom stereocenters. The van der Waals surface area contributed by atoms with E-state index in [1.807, 2.05) is 4.68 Å². The Morgan fingerprint density at radius 3 is 2.64 bits per heavy atom. The molecule has 1 aromatic heterocycles. The van der Waals surface area contributed by atoms with Gasteiger partial charge in [-0.3, -0.25) is 4.90 Å². The number of likely N-dealkylation sites (N-methyl/N-ethyl adjacent to an activating group) is 1. The highest BCUT2D eigenvalue weighted by Gasteiger charge is 2.31. The molecule has 22 heavy (non-hydrogen) atoms. The molecule has 0 spiro atoms. The van der Waals surface area contributed by atoms with E-state index >= 15 is 0 Å². The first-order chi connectivity index (χ1) is 10.6. The molecule has 0 radical (unpaired) electrons. The zero-order chi connectivity index (χ0) is 15.5. The third kappa shape index (κ3) is 3.47. The maximum absolute atomic E-state index is 5.74. The van der Waals surface area contributed by atoms with E-state index in [4.69, 9.17) is 4.74 Å². The Morgan fingerprint density at radius 1 is 1.23 bits per heavy atom. The molecule has 124 valence electrons. The fourth-order valence-corrected chi connectivity index (χ4v) is 3.52. The summed E-state index contributed by atoms with van der Waals surface area (Å²) >= 11 is 0. The summed E-state index contributed by atoms with van der Waals surface area (Å²) < 4.78 is 7.72. The molecule has 2 saturated heterocycles. The summed E-state index contributed by atoms with van der Waals surface area (Å²) in [5, 5.41) is 12.5. The van der Waals surface area contributed by atoms with E-state index < -0.39 is 0 Å². The van der Waals surface area contributed by atoms with Gasteiger partial charge >= 0.3 is 0 Å². The van der Waals surface area contributed by atoms with E-state index in [9.17, 15) is 0 Å². The highest BCUT2D eigenvalue weighted by atomic mass is 16.5. The van der Waals surface area contributed by atoms with E-state index in [0.717, 1.165) is 58.0 Å². The minimum Gasteiger partial charge on any atom is -0.376 e. The van der Waals surface area contributed by atoms with Crippen molar-refractivity contribution in [3.05, 3.63) is 5.82 Å². The Hall–Kier alpha value is -1.05. The lowest BCUT2D eigenvalue weighted by molar-refractivity contribution is 0.0712. The highest BCUT2D eigenvalue weighted by molar-refractivity contribution is 4.97. The summed E-state index contributed by atoms with van der Waals surface area (Å²) in [7, 11) is 2.18. The number of aromatic nitrogens is 4. The van der Waals surface area contributed by atoms with Crippen LogP contribution < -0.4 is 0 Å². The van der Waals surface area contributed by atoms with Gasteiger partial charge in [0.15, 0.2) is 5.82 Å². The van der Waals surface area contributed by atoms with Gasteiger partial charge in [0.1, 0.15) is 0 Å². The van der Waals surface area contributed by atoms with E-state index in [1.54, 1.807) is 0 Å². The largest absolute Gasteiger partial charge is 0.376 e. The van der Waals surface area contributed by atoms with Crippen LogP contribution in [0.15, 0.2) is 0 Å². The molecule has 2 aliphatic rings. The van der Waals surface area contributed by atoms with E-state index in [2.05, 4.69) is 46.2 Å². The van der Waals surface area contributed by atoms with Gasteiger partial charge in [-0.15, -0.1) is 5.10 Å². The van der Waals surface area contributed by atoms with Crippen molar-refractivity contribution in [1.29, 1.82) is 0 Å². The number of piperazine rings is 1. The van der Waals surface area contributed by atoms with Crippen molar-refractivity contribution in [2.24, 2.45) is 5.92 Å². The normalized spacial score (nSPS) is 25.9. The van der Waals surface area contributed by atoms with Gasteiger partial charge in [-0.05, 0) is 36.2 Å². The quantitative estimate of drug-likeness (QED) is 0.802. The standard InChI is InChI=1S/C15H28N6O/c1-12(2)14(20-8-6-19(3)7-9-20)15-16-17-18-21(15)11-13-5-4-10-22-13/h12-14H,4-11H2,1-3H3/t13-,14-/m0/s1. The number of tetrazole rings is 1. The Morgan fingerprint density at radius 2 is 2.00 bits per heavy atom. The second-order valence-electron chi connectivity index (χ2n) is 6.88. The minimum absolute atomic E-state index is 0.266. The summed E-state index contributed by atoms with van der Waals surface area (Å²) in [6.07, 6.45) is 2.52. The van der Waals surface area contributed by atoms with E-state index in [1.165, 1.54) is 0 Å². The molecule has 0 N–H and O–H groups in total. The van der Waals surface area contributed by atoms with Crippen molar-refractivity contribution in [2.75, 3.05) is 39.8 Å². The Bertz CT molecular complexity index is 462. The van der Waals surface area contributed by atoms with Crippen LogP contribution in [0.1, 0.15) is 38.6 Å². The van der Waals surface area contributed by atoms with Crippen LogP contribution in [0.25, 0.3) is 0 Å². The molecule has 0 aliphatic carbocycles. The molecular weight excluding hydrogens is 280 g/mol. The van der Waals surface area contributed by atoms with Gasteiger partial charge in [0.25, 0.3) is 0 Å². The summed E-state index contributed by atoms with van der Waals surface area (Å²) in [5.41, 5.74) is 0. The van der Waals surface area contributed by atoms with Gasteiger partial charge in [0, 0.05) is 32.8 Å². The summed E-state index contributed by atoms with van der Waals surface area (Å²) in [5.74, 6) is 1.48. The molecule has 0 bridgehead atoms. The van der Waals surface area contributed by atoms with Gasteiger partial charge in [-0.2, -0.15) is 0 Å². The van der Waals surface area contributed by atoms with Crippen LogP contribution in [0.2, 0.25) is 0 Å². The maximum atomic E-state index is 5.74. The Balaban J connectivity index is 1.75. The average molecular weight is 308 g/mol. The van der Waals surface area contributed by atoms with Gasteiger partial charge < -0.3 is 9.64 Å². The molecule has 0 amide bonds. The molecule has 7 nitrogen and oxygen atoms in total. The van der Waals surface area contributed by atoms with Crippen molar-refractivity contribution in [3.63, 3.8) is 0 Å². The predicted molar refractivity (Wildman–Crippen MR) is 83.4 cm³/mol. The van der Waals surface area contributed by atoms with Gasteiger partial charge in [0.05, 0.1) is 18.7 Å². The van der Waals surface area contributed by atoms with Crippen molar-refractivity contribution < 1.29 is 4.74 Å². The lowest BCUT2D eigenvalue weighted by atomic mass is 10.0. The second kappa shape index (κ2) is 7.02. The molecule has 0 unspecified atom stereocenters. The number of nitrogens with zero attached hydrogens (tertiary/aromatic N) is 6. The van der Waals surface area contributed by atoms with Crippen molar-refractivity contribution >= 4 is 0 Å². The summed E-state index contributed by atoms with van der Waals surface area (Å²) in [6.45, 7) is 10.5. The van der Waals surface area contributed by atoms with Gasteiger partial charge in [-0.25, -0.2) is 4.68 Å². The fraction of sp³-hybridized carbons (Fsp3) is 0.933. The van der Waals surface area contributed by atoms with E-state index in [-0.39, 0.29) is 12.1 Å². The summed E-state index contributed by atoms with van der Waals surface area (Å²) in [6, 6.07) is 0.283. The average Bonchev–Trinajstić information content (AvgIpc) is 3.14. The second-order valence-corrected chi connectivity index (χ2v) is 6.88. The van der Waals surface area contributed by atoms with Crippen LogP contribution in [-0.2, 0) is 11.3 Å². The lowest BCUT2D eigenvalue weighted by Gasteiger charge is -2.39. The first-order valence-corrected chi connectivity index (χ1v) is 8.45. The third-order valence-corrected chi connectivity index (χ3v) is 4.79. The van der Waals surface area contributed by atoms with Crippen molar-refractivity contribution in [1.82, 2.24) is 30.0 Å². The van der Waals surface area contributed by atoms with Gasteiger partial charge in [0.2, 0.25) is 0 Å². The van der Waals surface area contributed by atoms with Crippen LogP contribution >= 0.6 is 0 Å². The van der Waals surface area contributed by atoms with Crippen LogP contribution in [-0.4, -0.2) is 75.9 Å². The molecule has 2 fully saturated rings. The molecule has 7 heteroatoms. The topological polar surface area (TPSA) is 59.3 Å². The van der Waals surface area contributed by atoms with Crippen molar-refractivity contribution in [2.45, 2.75) is 45.4 Å². The molecule has 3 heterocycles. The molecule has 2 aliphatic heterocycles. The molecular formula is C15H28N6O. The lowest BCUT2D eigenvalue weighted by Crippen LogP contribution is -2.47.